The van der Waals surface area contributed by atoms with E-state index in [2.05, 4.69) is 21.3 Å². The maximum atomic E-state index is 13.9. The number of nitrogens with one attached hydrogen (secondary N) is 4. The number of alkyl halides is 2. The minimum Gasteiger partial charge on any atom is -0.444 e. The molecule has 12 nitrogen and oxygen atoms in total. The van der Waals surface area contributed by atoms with Crippen molar-refractivity contribution < 1.29 is 33.5 Å². The molecule has 1 saturated heterocycles. The van der Waals surface area contributed by atoms with Gasteiger partial charge in [0, 0.05) is 19.0 Å². The third-order valence-electron chi connectivity index (χ3n) is 7.27. The second-order valence-corrected chi connectivity index (χ2v) is 14.5. The predicted octanol–water partition coefficient (Wildman–Crippen LogP) is 3.23. The second kappa shape index (κ2) is 17.0. The molecule has 1 aromatic carbocycles. The smallest absolute Gasteiger partial charge is 0.408 e. The Morgan fingerprint density at radius 1 is 0.957 bits per heavy atom. The van der Waals surface area contributed by atoms with Crippen LogP contribution in [0.2, 0.25) is 0 Å². The molecule has 1 aliphatic rings. The van der Waals surface area contributed by atoms with Gasteiger partial charge in [0.25, 0.3) is 5.91 Å². The summed E-state index contributed by atoms with van der Waals surface area (Å²) in [5, 5.41) is 10.2. The molecule has 0 aromatic heterocycles. The van der Waals surface area contributed by atoms with Gasteiger partial charge < -0.3 is 30.9 Å². The Labute approximate surface area is 281 Å². The molecule has 1 aromatic rings. The first kappa shape index (κ1) is 38.8. The van der Waals surface area contributed by atoms with Crippen LogP contribution >= 0.6 is 23.2 Å². The van der Waals surface area contributed by atoms with E-state index in [1.54, 1.807) is 48.5 Å². The number of ether oxygens (including phenoxy) is 1. The van der Waals surface area contributed by atoms with Gasteiger partial charge in [-0.3, -0.25) is 24.0 Å². The lowest BCUT2D eigenvalue weighted by Crippen LogP contribution is -2.60. The van der Waals surface area contributed by atoms with Crippen LogP contribution in [-0.4, -0.2) is 82.1 Å². The minimum absolute atomic E-state index is 0.116. The summed E-state index contributed by atoms with van der Waals surface area (Å²) >= 11 is 12.5. The van der Waals surface area contributed by atoms with E-state index in [1.165, 1.54) is 4.90 Å². The Kier molecular flexibility index (Phi) is 14.3. The molecule has 5 amide bonds. The quantitative estimate of drug-likeness (QED) is 0.183. The number of amides is 5. The number of benzene rings is 1. The van der Waals surface area contributed by atoms with Gasteiger partial charge in [-0.15, -0.1) is 23.2 Å². The standard InChI is InChI=1S/C32H47Cl2N5O7/c1-8-12-21(24(41)28(43)36-18-22(40)35-17-19-13-10-9-11-14-19)37-27(42)23-20(26(33)34)15-16-39(23)29(44)25(31(2,3)4)38-30(45)46-32(5,6)7/h9-11,13-14,20-21,23,25-26H,8,12,15-18H2,1-7H3,(H,35,40)(H,36,43)(H,37,42)(H,38,45)/t20-,21?,23-,25+/m0/s1. The fourth-order valence-corrected chi connectivity index (χ4v) is 5.51. The number of hydrogen-bond acceptors (Lipinski definition) is 7. The second-order valence-electron chi connectivity index (χ2n) is 13.4. The van der Waals surface area contributed by atoms with Gasteiger partial charge in [0.2, 0.25) is 23.5 Å². The molecule has 1 unspecified atom stereocenters. The van der Waals surface area contributed by atoms with Crippen LogP contribution in [0.25, 0.3) is 0 Å². The highest BCUT2D eigenvalue weighted by Gasteiger charge is 2.49. The molecule has 256 valence electrons. The molecule has 1 fully saturated rings. The van der Waals surface area contributed by atoms with Crippen molar-refractivity contribution in [2.24, 2.45) is 11.3 Å². The summed E-state index contributed by atoms with van der Waals surface area (Å²) < 4.78 is 5.36. The summed E-state index contributed by atoms with van der Waals surface area (Å²) in [6.07, 6.45) is 0.0612. The van der Waals surface area contributed by atoms with Crippen molar-refractivity contribution >= 4 is 58.7 Å². The molecule has 1 aliphatic heterocycles. The van der Waals surface area contributed by atoms with Crippen LogP contribution in [0.15, 0.2) is 30.3 Å². The number of rotatable bonds is 13. The average Bonchev–Trinajstić information content (AvgIpc) is 3.41. The first-order valence-electron chi connectivity index (χ1n) is 15.4. The van der Waals surface area contributed by atoms with E-state index in [9.17, 15) is 28.8 Å². The molecule has 0 bridgehead atoms. The fraction of sp³-hybridized carbons (Fsp3) is 0.625. The van der Waals surface area contributed by atoms with Crippen LogP contribution in [-0.2, 0) is 35.3 Å². The van der Waals surface area contributed by atoms with E-state index in [1.807, 2.05) is 30.3 Å². The average molecular weight is 685 g/mol. The lowest BCUT2D eigenvalue weighted by Gasteiger charge is -2.37. The number of nitrogens with zero attached hydrogens (tertiary/aromatic N) is 1. The molecule has 0 radical (unpaired) electrons. The number of halogens is 2. The third-order valence-corrected chi connectivity index (χ3v) is 7.92. The van der Waals surface area contributed by atoms with Crippen LogP contribution < -0.4 is 21.3 Å². The number of ketones is 1. The first-order valence-corrected chi connectivity index (χ1v) is 16.2. The van der Waals surface area contributed by atoms with Gasteiger partial charge in [-0.05, 0) is 44.6 Å². The highest BCUT2D eigenvalue weighted by Crippen LogP contribution is 2.34. The van der Waals surface area contributed by atoms with Crippen LogP contribution in [0.3, 0.4) is 0 Å². The minimum atomic E-state index is -1.23. The van der Waals surface area contributed by atoms with Crippen molar-refractivity contribution in [2.45, 2.75) is 103 Å². The SMILES string of the molecule is CCCC(NC(=O)[C@@H]1[C@@H](C(Cl)Cl)CCN1C(=O)[C@@H](NC(=O)OC(C)(C)C)C(C)(C)C)C(=O)C(=O)NCC(=O)NCc1ccccc1. The van der Waals surface area contributed by atoms with Crippen LogP contribution in [0.5, 0.6) is 0 Å². The maximum Gasteiger partial charge on any atom is 0.408 e. The zero-order valence-electron chi connectivity index (χ0n) is 27.6. The van der Waals surface area contributed by atoms with Gasteiger partial charge in [0.05, 0.1) is 12.6 Å². The summed E-state index contributed by atoms with van der Waals surface area (Å²) in [6, 6.07) is 5.69. The van der Waals surface area contributed by atoms with Crippen LogP contribution in [0.1, 0.15) is 73.3 Å². The lowest BCUT2D eigenvalue weighted by atomic mass is 9.85. The third kappa shape index (κ3) is 11.8. The summed E-state index contributed by atoms with van der Waals surface area (Å²) in [6.45, 7) is 12.1. The lowest BCUT2D eigenvalue weighted by molar-refractivity contribution is -0.144. The molecule has 2 rings (SSSR count). The number of hydrogen-bond donors (Lipinski definition) is 4. The maximum absolute atomic E-state index is 13.9. The number of carbonyl (C=O) groups excluding carboxylic acids is 6. The van der Waals surface area contributed by atoms with Crippen molar-refractivity contribution in [2.75, 3.05) is 13.1 Å². The summed E-state index contributed by atoms with van der Waals surface area (Å²) in [4.78, 5) is 78.8. The van der Waals surface area contributed by atoms with E-state index >= 15 is 0 Å². The Hall–Kier alpha value is -3.38. The normalized spacial score (nSPS) is 17.9. The van der Waals surface area contributed by atoms with Gasteiger partial charge in [-0.2, -0.15) is 0 Å². The van der Waals surface area contributed by atoms with Crippen molar-refractivity contribution in [3.63, 3.8) is 0 Å². The molecular weight excluding hydrogens is 637 g/mol. The molecule has 4 atom stereocenters. The molecule has 46 heavy (non-hydrogen) atoms. The summed E-state index contributed by atoms with van der Waals surface area (Å²) in [7, 11) is 0. The Bertz CT molecular complexity index is 1250. The van der Waals surface area contributed by atoms with Gasteiger partial charge in [-0.25, -0.2) is 4.79 Å². The van der Waals surface area contributed by atoms with E-state index in [-0.39, 0.29) is 25.9 Å². The molecular formula is C32H47Cl2N5O7. The van der Waals surface area contributed by atoms with Crippen molar-refractivity contribution in [1.82, 2.24) is 26.2 Å². The summed E-state index contributed by atoms with van der Waals surface area (Å²) in [5.74, 6) is -4.42. The monoisotopic (exact) mass is 683 g/mol. The molecule has 0 saturated carbocycles. The van der Waals surface area contributed by atoms with Gasteiger partial charge >= 0.3 is 6.09 Å². The zero-order chi connectivity index (χ0) is 34.8. The predicted molar refractivity (Wildman–Crippen MR) is 175 cm³/mol. The topological polar surface area (TPSA) is 163 Å². The Morgan fingerprint density at radius 2 is 1.59 bits per heavy atom. The van der Waals surface area contributed by atoms with Gasteiger partial charge in [0.15, 0.2) is 0 Å². The first-order chi connectivity index (χ1) is 21.4. The molecule has 0 aliphatic carbocycles. The van der Waals surface area contributed by atoms with E-state index in [4.69, 9.17) is 27.9 Å². The highest BCUT2D eigenvalue weighted by atomic mass is 35.5. The van der Waals surface area contributed by atoms with Crippen molar-refractivity contribution in [1.29, 1.82) is 0 Å². The van der Waals surface area contributed by atoms with E-state index < -0.39 is 81.9 Å². The number of likely N-dealkylation sites (tertiary alicyclic amines) is 1. The largest absolute Gasteiger partial charge is 0.444 e. The number of alkyl carbamates (subject to hydrolysis) is 1. The van der Waals surface area contributed by atoms with E-state index in [0.717, 1.165) is 5.56 Å². The molecule has 14 heteroatoms. The Morgan fingerprint density at radius 3 is 2.13 bits per heavy atom. The molecule has 4 N–H and O–H groups in total. The number of carbonyl (C=O) groups is 6. The fourth-order valence-electron chi connectivity index (χ4n) is 4.98. The van der Waals surface area contributed by atoms with Gasteiger partial charge in [-0.1, -0.05) is 64.4 Å². The highest BCUT2D eigenvalue weighted by molar-refractivity contribution is 6.44. The van der Waals surface area contributed by atoms with E-state index in [0.29, 0.717) is 6.42 Å². The van der Waals surface area contributed by atoms with Crippen LogP contribution in [0, 0.1) is 11.3 Å². The molecule has 1 heterocycles. The zero-order valence-corrected chi connectivity index (χ0v) is 29.1. The molecule has 0 spiro atoms. The van der Waals surface area contributed by atoms with Crippen molar-refractivity contribution in [3.8, 4) is 0 Å². The van der Waals surface area contributed by atoms with Crippen molar-refractivity contribution in [3.05, 3.63) is 35.9 Å². The Balaban J connectivity index is 2.17. The van der Waals surface area contributed by atoms with Crippen LogP contribution in [0.4, 0.5) is 4.79 Å². The van der Waals surface area contributed by atoms with Gasteiger partial charge in [0.1, 0.15) is 22.5 Å². The number of Topliss-reactive ketones (excluding diaryl/α,β-unsaturated/α-hetero) is 1. The summed E-state index contributed by atoms with van der Waals surface area (Å²) in [5.41, 5.74) is -0.715.